The maximum atomic E-state index is 13.8. The smallest absolute Gasteiger partial charge is 0.216 e. The topological polar surface area (TPSA) is 57.6 Å². The van der Waals surface area contributed by atoms with Crippen molar-refractivity contribution in [1.82, 2.24) is 14.5 Å². The third-order valence-electron chi connectivity index (χ3n) is 2.97. The van der Waals surface area contributed by atoms with Gasteiger partial charge in [0.15, 0.2) is 17.7 Å². The van der Waals surface area contributed by atoms with Gasteiger partial charge in [0.25, 0.3) is 0 Å². The van der Waals surface area contributed by atoms with Crippen molar-refractivity contribution in [3.05, 3.63) is 47.3 Å². The van der Waals surface area contributed by atoms with Gasteiger partial charge < -0.3 is 9.77 Å². The predicted octanol–water partition coefficient (Wildman–Crippen LogP) is 1.72. The van der Waals surface area contributed by atoms with Crippen molar-refractivity contribution >= 4 is 11.2 Å². The highest BCUT2D eigenvalue weighted by molar-refractivity contribution is 5.77. The highest BCUT2D eigenvalue weighted by Gasteiger charge is 2.16. The summed E-state index contributed by atoms with van der Waals surface area (Å²) in [4.78, 5) is 8.67. The summed E-state index contributed by atoms with van der Waals surface area (Å²) in [5.74, 6) is -0.154. The molecule has 0 aliphatic heterocycles. The maximum absolute atomic E-state index is 13.8. The lowest BCUT2D eigenvalue weighted by molar-refractivity contribution is -0.607. The van der Waals surface area contributed by atoms with E-state index in [4.69, 9.17) is 0 Å². The first kappa shape index (κ1) is 11.6. The zero-order chi connectivity index (χ0) is 13.6. The van der Waals surface area contributed by atoms with Crippen molar-refractivity contribution in [2.45, 2.75) is 6.92 Å². The van der Waals surface area contributed by atoms with E-state index in [0.29, 0.717) is 21.7 Å². The van der Waals surface area contributed by atoms with Crippen LogP contribution in [0, 0.1) is 17.9 Å². The number of hydrogen-bond acceptors (Lipinski definition) is 3. The second kappa shape index (κ2) is 4.01. The average Bonchev–Trinajstić information content (AvgIpc) is 2.66. The molecule has 0 bridgehead atoms. The molecule has 3 aromatic heterocycles. The third-order valence-corrected chi connectivity index (χ3v) is 2.97. The van der Waals surface area contributed by atoms with Crippen LogP contribution in [0.3, 0.4) is 0 Å². The number of imidazole rings is 1. The number of nitrogens with zero attached hydrogens (tertiary/aromatic N) is 4. The second-order valence-corrected chi connectivity index (χ2v) is 4.42. The summed E-state index contributed by atoms with van der Waals surface area (Å²) in [7, 11) is 1.77. The molecule has 0 amide bonds. The Morgan fingerprint density at radius 2 is 2.21 bits per heavy atom. The number of hydrogen-bond donors (Lipinski definition) is 0. The van der Waals surface area contributed by atoms with E-state index in [1.54, 1.807) is 17.8 Å². The molecule has 0 saturated heterocycles. The summed E-state index contributed by atoms with van der Waals surface area (Å²) >= 11 is 0. The molecule has 96 valence electrons. The molecule has 3 aromatic rings. The van der Waals surface area contributed by atoms with Crippen LogP contribution < -0.4 is 4.73 Å². The molecular weight excluding hydrogens is 247 g/mol. The van der Waals surface area contributed by atoms with Crippen LogP contribution in [0.2, 0.25) is 0 Å². The Bertz CT molecular complexity index is 782. The van der Waals surface area contributed by atoms with E-state index in [9.17, 15) is 9.60 Å². The van der Waals surface area contributed by atoms with E-state index >= 15 is 0 Å². The summed E-state index contributed by atoms with van der Waals surface area (Å²) in [6.07, 6.45) is 3.87. The molecule has 0 aromatic carbocycles. The van der Waals surface area contributed by atoms with Gasteiger partial charge in [-0.2, -0.15) is 9.12 Å². The normalized spacial score (nSPS) is 11.1. The fourth-order valence-electron chi connectivity index (χ4n) is 2.05. The van der Waals surface area contributed by atoms with Crippen LogP contribution in [-0.4, -0.2) is 14.5 Å². The van der Waals surface area contributed by atoms with E-state index < -0.39 is 5.82 Å². The number of pyridine rings is 2. The molecule has 19 heavy (non-hydrogen) atoms. The maximum Gasteiger partial charge on any atom is 0.216 e. The van der Waals surface area contributed by atoms with Gasteiger partial charge in [-0.25, -0.2) is 9.97 Å². The zero-order valence-corrected chi connectivity index (χ0v) is 10.5. The summed E-state index contributed by atoms with van der Waals surface area (Å²) in [5.41, 5.74) is 2.66. The monoisotopic (exact) mass is 258 g/mol. The first-order valence-corrected chi connectivity index (χ1v) is 5.74. The Balaban J connectivity index is 2.27. The lowest BCUT2D eigenvalue weighted by Crippen LogP contribution is -2.25. The Morgan fingerprint density at radius 3 is 2.95 bits per heavy atom. The van der Waals surface area contributed by atoms with Gasteiger partial charge in [0.05, 0.1) is 5.56 Å². The van der Waals surface area contributed by atoms with E-state index in [0.717, 1.165) is 11.8 Å². The van der Waals surface area contributed by atoms with Crippen LogP contribution in [0.4, 0.5) is 4.39 Å². The van der Waals surface area contributed by atoms with Crippen LogP contribution in [-0.2, 0) is 7.05 Å². The van der Waals surface area contributed by atoms with Crippen molar-refractivity contribution in [3.8, 4) is 11.4 Å². The standard InChI is InChI=1S/C13H11FN4O/c1-8-5-11-13(15-6-8)17(2)12(16-11)9-3-4-18(19)7-10(9)14/h3-7H,1-2H3. The van der Waals surface area contributed by atoms with Crippen LogP contribution in [0.5, 0.6) is 0 Å². The Labute approximate surface area is 108 Å². The number of aryl methyl sites for hydroxylation is 2. The molecule has 0 saturated carbocycles. The molecule has 6 heteroatoms. The van der Waals surface area contributed by atoms with E-state index in [-0.39, 0.29) is 5.56 Å². The highest BCUT2D eigenvalue weighted by atomic mass is 19.1. The van der Waals surface area contributed by atoms with Crippen LogP contribution in [0.25, 0.3) is 22.6 Å². The van der Waals surface area contributed by atoms with E-state index in [1.165, 1.54) is 12.3 Å². The second-order valence-electron chi connectivity index (χ2n) is 4.42. The predicted molar refractivity (Wildman–Crippen MR) is 67.6 cm³/mol. The van der Waals surface area contributed by atoms with Gasteiger partial charge in [-0.05, 0) is 18.6 Å². The minimum atomic E-state index is -0.604. The number of fused-ring (bicyclic) bond motifs is 1. The van der Waals surface area contributed by atoms with Gasteiger partial charge in [0, 0.05) is 19.3 Å². The minimum Gasteiger partial charge on any atom is -0.619 e. The van der Waals surface area contributed by atoms with Gasteiger partial charge in [-0.3, -0.25) is 0 Å². The Kier molecular flexibility index (Phi) is 2.45. The van der Waals surface area contributed by atoms with Crippen molar-refractivity contribution in [3.63, 3.8) is 0 Å². The van der Waals surface area contributed by atoms with Crippen LogP contribution >= 0.6 is 0 Å². The minimum absolute atomic E-state index is 0.283. The first-order chi connectivity index (χ1) is 9.06. The van der Waals surface area contributed by atoms with Crippen molar-refractivity contribution in [2.24, 2.45) is 7.05 Å². The molecule has 0 N–H and O–H groups in total. The Hall–Kier alpha value is -2.50. The molecule has 0 unspecified atom stereocenters. The lowest BCUT2D eigenvalue weighted by atomic mass is 10.2. The summed E-state index contributed by atoms with van der Waals surface area (Å²) in [6.45, 7) is 1.92. The molecule has 0 aliphatic rings. The quantitative estimate of drug-likeness (QED) is 0.493. The largest absolute Gasteiger partial charge is 0.619 e. The first-order valence-electron chi connectivity index (χ1n) is 5.74. The van der Waals surface area contributed by atoms with Crippen molar-refractivity contribution in [2.75, 3.05) is 0 Å². The lowest BCUT2D eigenvalue weighted by Gasteiger charge is -2.03. The van der Waals surface area contributed by atoms with Gasteiger partial charge in [-0.1, -0.05) is 0 Å². The molecule has 0 aliphatic carbocycles. The van der Waals surface area contributed by atoms with Gasteiger partial charge in [-0.15, -0.1) is 0 Å². The van der Waals surface area contributed by atoms with Crippen molar-refractivity contribution in [1.29, 1.82) is 0 Å². The summed E-state index contributed by atoms with van der Waals surface area (Å²) in [6, 6.07) is 3.30. The van der Waals surface area contributed by atoms with Crippen LogP contribution in [0.15, 0.2) is 30.7 Å². The zero-order valence-electron chi connectivity index (χ0n) is 10.5. The Morgan fingerprint density at radius 1 is 1.42 bits per heavy atom. The molecule has 0 fully saturated rings. The highest BCUT2D eigenvalue weighted by Crippen LogP contribution is 2.24. The third kappa shape index (κ3) is 1.81. The van der Waals surface area contributed by atoms with E-state index in [1.807, 2.05) is 13.0 Å². The molecule has 5 nitrogen and oxygen atoms in total. The van der Waals surface area contributed by atoms with Gasteiger partial charge in [0.2, 0.25) is 6.20 Å². The van der Waals surface area contributed by atoms with E-state index in [2.05, 4.69) is 9.97 Å². The number of aromatic nitrogens is 4. The molecule has 0 atom stereocenters. The molecule has 3 heterocycles. The molecular formula is C13H11FN4O. The fraction of sp³-hybridized carbons (Fsp3) is 0.154. The van der Waals surface area contributed by atoms with Crippen LogP contribution in [0.1, 0.15) is 5.56 Å². The van der Waals surface area contributed by atoms with Crippen molar-refractivity contribution < 1.29 is 9.12 Å². The summed E-state index contributed by atoms with van der Waals surface area (Å²) < 4.78 is 16.0. The molecule has 3 rings (SSSR count). The SMILES string of the molecule is Cc1cnc2c(c1)nc(-c1cc[n+]([O-])cc1F)n2C. The molecule has 0 spiro atoms. The number of halogens is 1. The number of rotatable bonds is 1. The molecule has 0 radical (unpaired) electrons. The summed E-state index contributed by atoms with van der Waals surface area (Å²) in [5, 5.41) is 11.0. The fourth-order valence-corrected chi connectivity index (χ4v) is 2.05. The van der Waals surface area contributed by atoms with Gasteiger partial charge in [0.1, 0.15) is 11.3 Å². The van der Waals surface area contributed by atoms with Gasteiger partial charge >= 0.3 is 0 Å². The average molecular weight is 258 g/mol.